The van der Waals surface area contributed by atoms with E-state index in [0.717, 1.165) is 32.5 Å². The number of hydrogen-bond donors (Lipinski definition) is 1. The molecule has 1 atom stereocenters. The van der Waals surface area contributed by atoms with Crippen molar-refractivity contribution in [3.63, 3.8) is 0 Å². The van der Waals surface area contributed by atoms with Crippen molar-refractivity contribution in [3.8, 4) is 0 Å². The van der Waals surface area contributed by atoms with E-state index in [1.807, 2.05) is 4.90 Å². The van der Waals surface area contributed by atoms with Gasteiger partial charge in [0.25, 0.3) is 0 Å². The van der Waals surface area contributed by atoms with Gasteiger partial charge in [-0.15, -0.1) is 0 Å². The zero-order valence-electron chi connectivity index (χ0n) is 9.15. The number of nitrogens with two attached hydrogens (primary N) is 1. The average molecular weight is 212 g/mol. The Morgan fingerprint density at radius 3 is 2.80 bits per heavy atom. The van der Waals surface area contributed by atoms with Gasteiger partial charge in [0.05, 0.1) is 12.5 Å². The van der Waals surface area contributed by atoms with Crippen molar-refractivity contribution in [1.82, 2.24) is 4.90 Å². The Morgan fingerprint density at radius 2 is 2.20 bits per heavy atom. The Bertz CT molecular complexity index is 221. The highest BCUT2D eigenvalue weighted by molar-refractivity contribution is 5.77. The number of hydrogen-bond acceptors (Lipinski definition) is 3. The van der Waals surface area contributed by atoms with E-state index >= 15 is 0 Å². The lowest BCUT2D eigenvalue weighted by molar-refractivity contribution is -0.141. The predicted octanol–water partition coefficient (Wildman–Crippen LogP) is 0.363. The van der Waals surface area contributed by atoms with Gasteiger partial charge in [0.1, 0.15) is 0 Å². The summed E-state index contributed by atoms with van der Waals surface area (Å²) in [4.78, 5) is 13.7. The Morgan fingerprint density at radius 1 is 1.40 bits per heavy atom. The molecule has 4 heteroatoms. The number of nitrogens with zero attached hydrogens (tertiary/aromatic N) is 1. The molecule has 0 spiro atoms. The minimum Gasteiger partial charge on any atom is -0.378 e. The summed E-state index contributed by atoms with van der Waals surface area (Å²) in [6.45, 7) is 3.22. The summed E-state index contributed by atoms with van der Waals surface area (Å²) in [5.74, 6) is 0.771. The van der Waals surface area contributed by atoms with E-state index in [9.17, 15) is 4.79 Å². The number of ether oxygens (including phenoxy) is 1. The highest BCUT2D eigenvalue weighted by Gasteiger charge is 2.30. The van der Waals surface area contributed by atoms with Crippen LogP contribution in [0.25, 0.3) is 0 Å². The summed E-state index contributed by atoms with van der Waals surface area (Å²) in [7, 11) is 0. The van der Waals surface area contributed by atoms with Gasteiger partial charge in [-0.25, -0.2) is 0 Å². The molecule has 2 aliphatic heterocycles. The molecular weight excluding hydrogens is 192 g/mol. The molecule has 1 amide bonds. The van der Waals surface area contributed by atoms with Crippen molar-refractivity contribution in [2.24, 2.45) is 11.7 Å². The molecular formula is C11H20N2O2. The maximum atomic E-state index is 11.8. The molecule has 0 saturated carbocycles. The molecule has 0 aliphatic carbocycles. The Hall–Kier alpha value is -0.610. The molecule has 2 N–H and O–H groups in total. The quantitative estimate of drug-likeness (QED) is 0.735. The van der Waals surface area contributed by atoms with E-state index in [2.05, 4.69) is 0 Å². The smallest absolute Gasteiger partial charge is 0.225 e. The first kappa shape index (κ1) is 10.9. The predicted molar refractivity (Wildman–Crippen MR) is 57.3 cm³/mol. The summed E-state index contributed by atoms with van der Waals surface area (Å²) < 4.78 is 5.55. The van der Waals surface area contributed by atoms with Crippen LogP contribution in [0.3, 0.4) is 0 Å². The maximum Gasteiger partial charge on any atom is 0.225 e. The van der Waals surface area contributed by atoms with Crippen LogP contribution in [0.4, 0.5) is 0 Å². The molecule has 4 nitrogen and oxygen atoms in total. The zero-order valence-corrected chi connectivity index (χ0v) is 9.15. The van der Waals surface area contributed by atoms with Crippen molar-refractivity contribution in [3.05, 3.63) is 0 Å². The minimum absolute atomic E-state index is 0.170. The maximum absolute atomic E-state index is 11.8. The topological polar surface area (TPSA) is 55.6 Å². The lowest BCUT2D eigenvalue weighted by Gasteiger charge is -2.39. The second-order valence-electron chi connectivity index (χ2n) is 4.59. The molecule has 2 aliphatic rings. The van der Waals surface area contributed by atoms with Crippen molar-refractivity contribution in [1.29, 1.82) is 0 Å². The lowest BCUT2D eigenvalue weighted by atomic mass is 9.98. The second kappa shape index (κ2) is 4.94. The highest BCUT2D eigenvalue weighted by Crippen LogP contribution is 2.20. The molecule has 0 aromatic carbocycles. The van der Waals surface area contributed by atoms with Gasteiger partial charge in [0.15, 0.2) is 0 Å². The van der Waals surface area contributed by atoms with Crippen LogP contribution in [0.1, 0.15) is 25.7 Å². The van der Waals surface area contributed by atoms with Gasteiger partial charge in [-0.3, -0.25) is 4.79 Å². The first-order valence-corrected chi connectivity index (χ1v) is 5.89. The first-order valence-electron chi connectivity index (χ1n) is 5.89. The van der Waals surface area contributed by atoms with Crippen LogP contribution in [0.15, 0.2) is 0 Å². The van der Waals surface area contributed by atoms with Crippen molar-refractivity contribution in [2.75, 3.05) is 26.2 Å². The van der Waals surface area contributed by atoms with Crippen LogP contribution in [0.2, 0.25) is 0 Å². The molecule has 2 fully saturated rings. The fourth-order valence-electron chi connectivity index (χ4n) is 2.21. The highest BCUT2D eigenvalue weighted by atomic mass is 16.5. The SMILES string of the molecule is NCC1CN(C(=O)CC2CCCCO2)C1. The van der Waals surface area contributed by atoms with Crippen LogP contribution in [-0.4, -0.2) is 43.2 Å². The van der Waals surface area contributed by atoms with E-state index in [1.165, 1.54) is 6.42 Å². The molecule has 0 aromatic heterocycles. The first-order chi connectivity index (χ1) is 7.29. The van der Waals surface area contributed by atoms with Gasteiger partial charge in [-0.1, -0.05) is 0 Å². The van der Waals surface area contributed by atoms with Crippen LogP contribution in [-0.2, 0) is 9.53 Å². The summed E-state index contributed by atoms with van der Waals surface area (Å²) in [5, 5.41) is 0. The normalized spacial score (nSPS) is 27.5. The van der Waals surface area contributed by atoms with E-state index < -0.39 is 0 Å². The molecule has 1 unspecified atom stereocenters. The number of rotatable bonds is 3. The second-order valence-corrected chi connectivity index (χ2v) is 4.59. The average Bonchev–Trinajstić information content (AvgIpc) is 2.17. The van der Waals surface area contributed by atoms with Crippen LogP contribution in [0.5, 0.6) is 0 Å². The van der Waals surface area contributed by atoms with Gasteiger partial charge < -0.3 is 15.4 Å². The zero-order chi connectivity index (χ0) is 10.7. The largest absolute Gasteiger partial charge is 0.378 e. The molecule has 2 rings (SSSR count). The van der Waals surface area contributed by atoms with Crippen LogP contribution >= 0.6 is 0 Å². The Kier molecular flexibility index (Phi) is 3.59. The van der Waals surface area contributed by atoms with Crippen molar-refractivity contribution < 1.29 is 9.53 Å². The van der Waals surface area contributed by atoms with Gasteiger partial charge in [0, 0.05) is 25.6 Å². The Labute approximate surface area is 90.8 Å². The number of carbonyl (C=O) groups is 1. The fourth-order valence-corrected chi connectivity index (χ4v) is 2.21. The van der Waals surface area contributed by atoms with Gasteiger partial charge >= 0.3 is 0 Å². The molecule has 2 saturated heterocycles. The van der Waals surface area contributed by atoms with Gasteiger partial charge in [-0.2, -0.15) is 0 Å². The van der Waals surface area contributed by atoms with E-state index in [0.29, 0.717) is 18.9 Å². The number of amides is 1. The molecule has 0 radical (unpaired) electrons. The third-order valence-corrected chi connectivity index (χ3v) is 3.32. The Balaban J connectivity index is 1.68. The van der Waals surface area contributed by atoms with Crippen molar-refractivity contribution in [2.45, 2.75) is 31.8 Å². The molecule has 2 heterocycles. The fraction of sp³-hybridized carbons (Fsp3) is 0.909. The minimum atomic E-state index is 0.170. The summed E-state index contributed by atoms with van der Waals surface area (Å²) in [5.41, 5.74) is 5.52. The third kappa shape index (κ3) is 2.69. The molecule has 86 valence electrons. The molecule has 0 aromatic rings. The number of likely N-dealkylation sites (tertiary alicyclic amines) is 1. The lowest BCUT2D eigenvalue weighted by Crippen LogP contribution is -2.53. The monoisotopic (exact) mass is 212 g/mol. The molecule has 15 heavy (non-hydrogen) atoms. The van der Waals surface area contributed by atoms with Crippen LogP contribution < -0.4 is 5.73 Å². The van der Waals surface area contributed by atoms with Gasteiger partial charge in [0.2, 0.25) is 5.91 Å². The summed E-state index contributed by atoms with van der Waals surface area (Å²) in [6, 6.07) is 0. The van der Waals surface area contributed by atoms with E-state index in [4.69, 9.17) is 10.5 Å². The van der Waals surface area contributed by atoms with Crippen molar-refractivity contribution >= 4 is 5.91 Å². The third-order valence-electron chi connectivity index (χ3n) is 3.32. The summed E-state index contributed by atoms with van der Waals surface area (Å²) in [6.07, 6.45) is 4.12. The molecule has 0 bridgehead atoms. The van der Waals surface area contributed by atoms with Crippen LogP contribution in [0, 0.1) is 5.92 Å². The van der Waals surface area contributed by atoms with E-state index in [-0.39, 0.29) is 12.0 Å². The summed E-state index contributed by atoms with van der Waals surface area (Å²) >= 11 is 0. The standard InChI is InChI=1S/C11H20N2O2/c12-6-9-7-13(8-9)11(14)5-10-3-1-2-4-15-10/h9-10H,1-8,12H2. The van der Waals surface area contributed by atoms with E-state index in [1.54, 1.807) is 0 Å². The number of carbonyl (C=O) groups excluding carboxylic acids is 1. The van der Waals surface area contributed by atoms with Gasteiger partial charge in [-0.05, 0) is 25.8 Å².